The van der Waals surface area contributed by atoms with Gasteiger partial charge in [0.2, 0.25) is 5.60 Å². The van der Waals surface area contributed by atoms with E-state index >= 15 is 0 Å². The molecule has 0 bridgehead atoms. The molecule has 0 aromatic heterocycles. The van der Waals surface area contributed by atoms with Crippen LogP contribution in [0.3, 0.4) is 0 Å². The van der Waals surface area contributed by atoms with Crippen molar-refractivity contribution >= 4 is 92.9 Å². The molecular weight excluding hydrogens is 1190 g/mol. The molecule has 6 rings (SSSR count). The van der Waals surface area contributed by atoms with Crippen molar-refractivity contribution in [3.8, 4) is 12.1 Å². The number of nitriles is 2. The van der Waals surface area contributed by atoms with Gasteiger partial charge in [0, 0.05) is 13.6 Å². The van der Waals surface area contributed by atoms with Crippen LogP contribution in [-0.2, 0) is 20.7 Å². The summed E-state index contributed by atoms with van der Waals surface area (Å²) < 4.78 is 127. The number of rotatable bonds is 13. The Labute approximate surface area is 425 Å². The second-order valence-corrected chi connectivity index (χ2v) is 32.1. The molecule has 4 aromatic carbocycles. The zero-order chi connectivity index (χ0) is 49.1. The van der Waals surface area contributed by atoms with E-state index in [0.29, 0.717) is 0 Å². The second-order valence-electron chi connectivity index (χ2n) is 15.7. The third-order valence-electron chi connectivity index (χ3n) is 11.2. The molecule has 0 saturated carbocycles. The monoisotopic (exact) mass is 1240 g/mol. The molecule has 0 radical (unpaired) electrons. The zero-order valence-electron chi connectivity index (χ0n) is 35.7. The summed E-state index contributed by atoms with van der Waals surface area (Å²) in [5, 5.41) is 17.7. The van der Waals surface area contributed by atoms with Crippen LogP contribution in [0.5, 0.6) is 0 Å². The van der Waals surface area contributed by atoms with Crippen molar-refractivity contribution in [1.29, 1.82) is 10.5 Å². The van der Waals surface area contributed by atoms with Gasteiger partial charge >= 0.3 is 200 Å². The minimum absolute atomic E-state index is 0. The number of alkyl halides is 6. The molecule has 2 aliphatic heterocycles. The average Bonchev–Trinajstić information content (AvgIpc) is 3.93. The van der Waals surface area contributed by atoms with Crippen molar-refractivity contribution in [2.24, 2.45) is 0 Å². The molecule has 2 aliphatic rings. The first-order chi connectivity index (χ1) is 31.0. The molecule has 0 aliphatic carbocycles. The SMILES string of the molecule is C.N#Cc1cc(C2=CC(c3cc(Cl)cc(Cl)c3)(C(F)(F)F)OC2)ccc1F.N#Cc1cc(I)ccc1F.[CH2+]CC[CH2][Sn]([CH2]CCC)([CH2]CCC)[C]1=CC(c2cc(Cl)cc(Cl)c2)(C(F)(F)F)OC1. The summed E-state index contributed by atoms with van der Waals surface area (Å²) in [5.74, 6) is -1.21. The van der Waals surface area contributed by atoms with Crippen molar-refractivity contribution < 1.29 is 44.6 Å². The first-order valence-electron chi connectivity index (χ1n) is 20.7. The van der Waals surface area contributed by atoms with E-state index in [1.165, 1.54) is 54.6 Å². The molecule has 4 aromatic rings. The molecule has 0 spiro atoms. The molecule has 2 unspecified atom stereocenters. The summed E-state index contributed by atoms with van der Waals surface area (Å²) in [4.78, 5) is 0. The Kier molecular flexibility index (Phi) is 22.2. The fraction of sp³-hybridized carbons (Fsp3) is 0.367. The van der Waals surface area contributed by atoms with Gasteiger partial charge in [-0.3, -0.25) is 0 Å². The summed E-state index contributed by atoms with van der Waals surface area (Å²) in [7, 11) is 0. The van der Waals surface area contributed by atoms with E-state index in [-0.39, 0.29) is 74.1 Å². The maximum absolute atomic E-state index is 14.4. The van der Waals surface area contributed by atoms with E-state index in [1.807, 2.05) is 22.6 Å². The van der Waals surface area contributed by atoms with E-state index in [4.69, 9.17) is 66.4 Å². The summed E-state index contributed by atoms with van der Waals surface area (Å²) in [6.07, 6.45) is -1.03. The van der Waals surface area contributed by atoms with Crippen molar-refractivity contribution in [2.75, 3.05) is 13.2 Å². The minimum atomic E-state index is -4.79. The Bertz CT molecular complexity index is 2430. The fourth-order valence-electron chi connectivity index (χ4n) is 7.78. The predicted octanol–water partition coefficient (Wildman–Crippen LogP) is 17.7. The molecule has 2 heterocycles. The van der Waals surface area contributed by atoms with E-state index in [2.05, 4.69) is 20.8 Å². The number of benzene rings is 4. The van der Waals surface area contributed by atoms with Gasteiger partial charge in [0.25, 0.3) is 0 Å². The van der Waals surface area contributed by atoms with Gasteiger partial charge in [-0.1, -0.05) is 36.7 Å². The average molecular weight is 1240 g/mol. The molecule has 2 atom stereocenters. The maximum atomic E-state index is 14.4. The number of hydrogen-bond acceptors (Lipinski definition) is 4. The van der Waals surface area contributed by atoms with Gasteiger partial charge in [-0.25, -0.2) is 8.78 Å². The first-order valence-corrected chi connectivity index (χ1v) is 30.7. The summed E-state index contributed by atoms with van der Waals surface area (Å²) >= 11 is 22.8. The topological polar surface area (TPSA) is 66.0 Å². The Morgan fingerprint density at radius 3 is 1.52 bits per heavy atom. The van der Waals surface area contributed by atoms with Crippen molar-refractivity contribution in [2.45, 2.75) is 96.7 Å². The van der Waals surface area contributed by atoms with Crippen LogP contribution < -0.4 is 0 Å². The van der Waals surface area contributed by atoms with Crippen LogP contribution in [0.15, 0.2) is 88.5 Å². The number of ether oxygens (including phenoxy) is 2. The number of unbranched alkanes of at least 4 members (excludes halogenated alkanes) is 3. The van der Waals surface area contributed by atoms with Gasteiger partial charge in [-0.05, 0) is 93.9 Å². The molecule has 0 fully saturated rings. The number of nitrogens with zero attached hydrogens (tertiary/aromatic N) is 2. The van der Waals surface area contributed by atoms with Crippen LogP contribution in [0.25, 0.3) is 5.57 Å². The van der Waals surface area contributed by atoms with Crippen LogP contribution in [0.2, 0.25) is 33.4 Å². The van der Waals surface area contributed by atoms with Crippen LogP contribution in [0.4, 0.5) is 35.1 Å². The van der Waals surface area contributed by atoms with Gasteiger partial charge in [0.05, 0.1) is 17.7 Å². The normalized spacial score (nSPS) is 18.0. The summed E-state index contributed by atoms with van der Waals surface area (Å²) in [6, 6.07) is 19.0. The van der Waals surface area contributed by atoms with Gasteiger partial charge in [0.1, 0.15) is 23.8 Å². The zero-order valence-corrected chi connectivity index (χ0v) is 43.7. The summed E-state index contributed by atoms with van der Waals surface area (Å²) in [5.41, 5.74) is -5.23. The van der Waals surface area contributed by atoms with Crippen LogP contribution >= 0.6 is 69.0 Å². The Morgan fingerprint density at radius 1 is 0.657 bits per heavy atom. The van der Waals surface area contributed by atoms with Crippen molar-refractivity contribution in [1.82, 2.24) is 0 Å². The third kappa shape index (κ3) is 14.4. The molecule has 0 N–H and O–H groups in total. The molecular formula is C49H48Cl4F8IN2O2Sn+. The number of halogens is 13. The third-order valence-corrected chi connectivity index (χ3v) is 28.7. The van der Waals surface area contributed by atoms with Crippen molar-refractivity contribution in [3.63, 3.8) is 0 Å². The summed E-state index contributed by atoms with van der Waals surface area (Å²) in [6.45, 7) is 7.96. The molecule has 0 saturated heterocycles. The van der Waals surface area contributed by atoms with E-state index < -0.39 is 53.6 Å². The van der Waals surface area contributed by atoms with Gasteiger partial charge in [-0.2, -0.15) is 23.7 Å². The Hall–Kier alpha value is -2.74. The first kappa shape index (κ1) is 58.6. The predicted molar refractivity (Wildman–Crippen MR) is 263 cm³/mol. The van der Waals surface area contributed by atoms with Crippen LogP contribution in [-0.4, -0.2) is 43.9 Å². The Balaban J connectivity index is 0.000000293. The van der Waals surface area contributed by atoms with Crippen LogP contribution in [0.1, 0.15) is 87.6 Å². The van der Waals surface area contributed by atoms with Crippen molar-refractivity contribution in [3.05, 3.63) is 159 Å². The van der Waals surface area contributed by atoms with Gasteiger partial charge in [0.15, 0.2) is 0 Å². The molecule has 18 heteroatoms. The molecule has 67 heavy (non-hydrogen) atoms. The van der Waals surface area contributed by atoms with Gasteiger partial charge < -0.3 is 4.74 Å². The Morgan fingerprint density at radius 2 is 1.09 bits per heavy atom. The quantitative estimate of drug-likeness (QED) is 0.0579. The molecule has 0 amide bonds. The van der Waals surface area contributed by atoms with E-state index in [0.717, 1.165) is 83.3 Å². The molecule has 360 valence electrons. The van der Waals surface area contributed by atoms with E-state index in [1.54, 1.807) is 18.2 Å². The number of hydrogen-bond donors (Lipinski definition) is 0. The standard InChI is InChI=1S/C18H9Cl2F4NO.C11H6Cl2F3O.C7H3FIN.2C4H9.C4H8.CH4.Sn/c19-14-4-13(5-15(20)6-14)17(18(22,23)24)7-12(9-26-17)10-1-2-16(21)11(3-10)8-25;12-8-4-7(5-9(13)6-8)10(11(14,15)16)2-1-3-17-10;8-7-2-1-6(9)3-5(7)4-10;3*1-3-4-2;;/h1-7H,9H2;2,4-6H,3H2;1-3H;2*1,3-4H2,2H3;1-4H2;1H4;/q;;;;;+1;;. The fourth-order valence-corrected chi connectivity index (χ4v) is 25.3. The molecule has 4 nitrogen and oxygen atoms in total. The van der Waals surface area contributed by atoms with Gasteiger partial charge in [-0.15, -0.1) is 0 Å². The second kappa shape index (κ2) is 25.4. The van der Waals surface area contributed by atoms with E-state index in [9.17, 15) is 35.1 Å². The van der Waals surface area contributed by atoms with Crippen LogP contribution in [0, 0.1) is 44.8 Å².